The van der Waals surface area contributed by atoms with Crippen molar-refractivity contribution in [1.82, 2.24) is 0 Å². The molecule has 2 unspecified atom stereocenters. The Morgan fingerprint density at radius 2 is 2.22 bits per heavy atom. The van der Waals surface area contributed by atoms with Crippen molar-refractivity contribution < 1.29 is 9.90 Å². The number of hydrogen-bond donors (Lipinski definition) is 1. The summed E-state index contributed by atoms with van der Waals surface area (Å²) in [5.41, 5.74) is 0.217. The van der Waals surface area contributed by atoms with E-state index in [9.17, 15) is 9.90 Å². The van der Waals surface area contributed by atoms with Crippen molar-refractivity contribution >= 4 is 29.2 Å². The molecular weight excluding hydrogens is 271 g/mol. The van der Waals surface area contributed by atoms with Crippen LogP contribution in [0.2, 0.25) is 10.0 Å². The summed E-state index contributed by atoms with van der Waals surface area (Å²) in [7, 11) is 0. The molecule has 0 spiro atoms. The quantitative estimate of drug-likeness (QED) is 0.893. The van der Waals surface area contributed by atoms with E-state index >= 15 is 0 Å². The van der Waals surface area contributed by atoms with Gasteiger partial charge in [0, 0.05) is 10.0 Å². The first-order valence-corrected chi connectivity index (χ1v) is 6.86. The standard InChI is InChI=1S/C14H16Cl2O2/c1-9-4-5-14(7-9,13(17)18)8-10-2-3-11(15)6-12(10)16/h2-3,6,9H,4-5,7-8H2,1H3,(H,17,18). The highest BCUT2D eigenvalue weighted by molar-refractivity contribution is 6.35. The molecule has 0 bridgehead atoms. The molecule has 0 heterocycles. The van der Waals surface area contributed by atoms with Crippen molar-refractivity contribution in [3.8, 4) is 0 Å². The molecule has 1 fully saturated rings. The molecule has 0 amide bonds. The van der Waals surface area contributed by atoms with Gasteiger partial charge in [-0.2, -0.15) is 0 Å². The first kappa shape index (κ1) is 13.7. The molecule has 0 aliphatic heterocycles. The Hall–Kier alpha value is -0.730. The Morgan fingerprint density at radius 1 is 1.50 bits per heavy atom. The van der Waals surface area contributed by atoms with Gasteiger partial charge in [0.15, 0.2) is 0 Å². The molecular formula is C14H16Cl2O2. The van der Waals surface area contributed by atoms with Crippen molar-refractivity contribution in [2.45, 2.75) is 32.6 Å². The highest BCUT2D eigenvalue weighted by Crippen LogP contribution is 2.45. The van der Waals surface area contributed by atoms with Crippen LogP contribution in [0.1, 0.15) is 31.7 Å². The summed E-state index contributed by atoms with van der Waals surface area (Å²) >= 11 is 12.0. The molecule has 1 saturated carbocycles. The Balaban J connectivity index is 2.27. The molecule has 2 rings (SSSR count). The minimum absolute atomic E-state index is 0.465. The lowest BCUT2D eigenvalue weighted by Crippen LogP contribution is -2.30. The van der Waals surface area contributed by atoms with Gasteiger partial charge in [0.05, 0.1) is 5.41 Å². The topological polar surface area (TPSA) is 37.3 Å². The summed E-state index contributed by atoms with van der Waals surface area (Å²) in [6.45, 7) is 2.11. The minimum atomic E-state index is -0.710. The number of benzene rings is 1. The predicted molar refractivity (Wildman–Crippen MR) is 73.2 cm³/mol. The Kier molecular flexibility index (Phi) is 3.88. The molecule has 2 atom stereocenters. The van der Waals surface area contributed by atoms with E-state index in [0.717, 1.165) is 24.8 Å². The van der Waals surface area contributed by atoms with Gasteiger partial charge in [-0.25, -0.2) is 0 Å². The fraction of sp³-hybridized carbons (Fsp3) is 0.500. The van der Waals surface area contributed by atoms with E-state index in [1.165, 1.54) is 0 Å². The zero-order valence-electron chi connectivity index (χ0n) is 10.2. The van der Waals surface area contributed by atoms with Crippen LogP contribution in [0, 0.1) is 11.3 Å². The van der Waals surface area contributed by atoms with E-state index in [-0.39, 0.29) is 0 Å². The van der Waals surface area contributed by atoms with Gasteiger partial charge in [-0.15, -0.1) is 0 Å². The SMILES string of the molecule is CC1CCC(Cc2ccc(Cl)cc2Cl)(C(=O)O)C1. The molecule has 2 nitrogen and oxygen atoms in total. The minimum Gasteiger partial charge on any atom is -0.481 e. The second-order valence-corrected chi connectivity index (χ2v) is 6.19. The number of rotatable bonds is 3. The lowest BCUT2D eigenvalue weighted by Gasteiger charge is -2.24. The molecule has 0 aromatic heterocycles. The van der Waals surface area contributed by atoms with E-state index in [4.69, 9.17) is 23.2 Å². The maximum atomic E-state index is 11.6. The summed E-state index contributed by atoms with van der Waals surface area (Å²) < 4.78 is 0. The second kappa shape index (κ2) is 5.10. The zero-order chi connectivity index (χ0) is 13.3. The molecule has 0 radical (unpaired) electrons. The van der Waals surface area contributed by atoms with Crippen LogP contribution in [0.3, 0.4) is 0 Å². The number of carboxylic acid groups (broad SMARTS) is 1. The largest absolute Gasteiger partial charge is 0.481 e. The average molecular weight is 287 g/mol. The summed E-state index contributed by atoms with van der Waals surface area (Å²) in [5.74, 6) is -0.245. The van der Waals surface area contributed by atoms with Gasteiger partial charge in [-0.1, -0.05) is 36.2 Å². The molecule has 18 heavy (non-hydrogen) atoms. The molecule has 1 aliphatic rings. The number of carboxylic acids is 1. The van der Waals surface area contributed by atoms with Gasteiger partial charge < -0.3 is 5.11 Å². The van der Waals surface area contributed by atoms with Gasteiger partial charge in [0.1, 0.15) is 0 Å². The van der Waals surface area contributed by atoms with Crippen molar-refractivity contribution in [1.29, 1.82) is 0 Å². The maximum Gasteiger partial charge on any atom is 0.309 e. The lowest BCUT2D eigenvalue weighted by molar-refractivity contribution is -0.148. The summed E-state index contributed by atoms with van der Waals surface area (Å²) in [6.07, 6.45) is 2.91. The van der Waals surface area contributed by atoms with Crippen molar-refractivity contribution in [2.75, 3.05) is 0 Å². The summed E-state index contributed by atoms with van der Waals surface area (Å²) in [6, 6.07) is 5.27. The van der Waals surface area contributed by atoms with Gasteiger partial charge in [-0.05, 0) is 49.3 Å². The van der Waals surface area contributed by atoms with E-state index in [0.29, 0.717) is 22.4 Å². The third-order valence-corrected chi connectivity index (χ3v) is 4.44. The van der Waals surface area contributed by atoms with Gasteiger partial charge in [-0.3, -0.25) is 4.79 Å². The average Bonchev–Trinajstić information content (AvgIpc) is 2.66. The van der Waals surface area contributed by atoms with Crippen LogP contribution in [0.5, 0.6) is 0 Å². The third-order valence-electron chi connectivity index (χ3n) is 3.85. The fourth-order valence-electron chi connectivity index (χ4n) is 2.85. The van der Waals surface area contributed by atoms with E-state index in [1.807, 2.05) is 6.07 Å². The molecule has 0 saturated heterocycles. The van der Waals surface area contributed by atoms with Gasteiger partial charge in [0.25, 0.3) is 0 Å². The van der Waals surface area contributed by atoms with Crippen LogP contribution >= 0.6 is 23.2 Å². The molecule has 1 aromatic carbocycles. The van der Waals surface area contributed by atoms with Crippen LogP contribution in [0.4, 0.5) is 0 Å². The number of carbonyl (C=O) groups is 1. The van der Waals surface area contributed by atoms with Gasteiger partial charge >= 0.3 is 5.97 Å². The molecule has 98 valence electrons. The van der Waals surface area contributed by atoms with E-state index < -0.39 is 11.4 Å². The monoisotopic (exact) mass is 286 g/mol. The maximum absolute atomic E-state index is 11.6. The first-order chi connectivity index (χ1) is 8.43. The summed E-state index contributed by atoms with van der Waals surface area (Å²) in [4.78, 5) is 11.6. The van der Waals surface area contributed by atoms with Crippen LogP contribution in [0.25, 0.3) is 0 Å². The van der Waals surface area contributed by atoms with Crippen molar-refractivity contribution in [2.24, 2.45) is 11.3 Å². The van der Waals surface area contributed by atoms with Crippen LogP contribution in [0.15, 0.2) is 18.2 Å². The Labute approximate surface area is 117 Å². The molecule has 4 heteroatoms. The van der Waals surface area contributed by atoms with Crippen molar-refractivity contribution in [3.05, 3.63) is 33.8 Å². The first-order valence-electron chi connectivity index (χ1n) is 6.10. The second-order valence-electron chi connectivity index (χ2n) is 5.35. The summed E-state index contributed by atoms with van der Waals surface area (Å²) in [5, 5.41) is 10.7. The lowest BCUT2D eigenvalue weighted by atomic mass is 9.79. The predicted octanol–water partition coefficient (Wildman–Crippen LogP) is 4.43. The van der Waals surface area contributed by atoms with Gasteiger partial charge in [0.2, 0.25) is 0 Å². The highest BCUT2D eigenvalue weighted by Gasteiger charge is 2.44. The normalized spacial score (nSPS) is 27.4. The number of aliphatic carboxylic acids is 1. The molecule has 1 aliphatic carbocycles. The third kappa shape index (κ3) is 2.65. The Morgan fingerprint density at radius 3 is 2.72 bits per heavy atom. The van der Waals surface area contributed by atoms with E-state index in [2.05, 4.69) is 6.92 Å². The Bertz CT molecular complexity index is 473. The van der Waals surface area contributed by atoms with Crippen molar-refractivity contribution in [3.63, 3.8) is 0 Å². The van der Waals surface area contributed by atoms with E-state index in [1.54, 1.807) is 12.1 Å². The molecule has 1 N–H and O–H groups in total. The van der Waals surface area contributed by atoms with Crippen LogP contribution in [-0.2, 0) is 11.2 Å². The smallest absolute Gasteiger partial charge is 0.309 e. The van der Waals surface area contributed by atoms with Crippen LogP contribution < -0.4 is 0 Å². The zero-order valence-corrected chi connectivity index (χ0v) is 11.8. The fourth-order valence-corrected chi connectivity index (χ4v) is 3.33. The number of hydrogen-bond acceptors (Lipinski definition) is 1. The molecule has 1 aromatic rings. The number of halogens is 2. The highest BCUT2D eigenvalue weighted by atomic mass is 35.5. The van der Waals surface area contributed by atoms with Crippen LogP contribution in [-0.4, -0.2) is 11.1 Å².